The number of carbonyl (C=O) groups excluding carboxylic acids is 1. The highest BCUT2D eigenvalue weighted by Crippen LogP contribution is 2.32. The van der Waals surface area contributed by atoms with Crippen molar-refractivity contribution in [1.82, 2.24) is 4.90 Å². The maximum absolute atomic E-state index is 12.5. The lowest BCUT2D eigenvalue weighted by molar-refractivity contribution is -0.141. The van der Waals surface area contributed by atoms with Crippen molar-refractivity contribution in [3.8, 4) is 5.75 Å². The van der Waals surface area contributed by atoms with Crippen LogP contribution in [0.4, 0.5) is 0 Å². The number of benzene rings is 1. The Morgan fingerprint density at radius 2 is 2.30 bits per heavy atom. The van der Waals surface area contributed by atoms with Crippen LogP contribution in [-0.4, -0.2) is 41.2 Å². The number of halogens is 1. The Morgan fingerprint density at radius 3 is 3.05 bits per heavy atom. The normalized spacial score (nSPS) is 28.9. The molecule has 3 atom stereocenters. The summed E-state index contributed by atoms with van der Waals surface area (Å²) in [6.45, 7) is 3.16. The number of fused-ring (bicyclic) bond motifs is 1. The summed E-state index contributed by atoms with van der Waals surface area (Å²) in [5, 5.41) is 10.4. The van der Waals surface area contributed by atoms with Gasteiger partial charge in [-0.1, -0.05) is 18.5 Å². The van der Waals surface area contributed by atoms with E-state index in [0.29, 0.717) is 31.0 Å². The van der Waals surface area contributed by atoms with Gasteiger partial charge in [-0.25, -0.2) is 0 Å². The molecule has 2 aliphatic heterocycles. The van der Waals surface area contributed by atoms with E-state index < -0.39 is 6.10 Å². The molecule has 1 aromatic carbocycles. The number of nitrogens with zero attached hydrogens (tertiary/aromatic N) is 1. The van der Waals surface area contributed by atoms with Crippen LogP contribution in [0.25, 0.3) is 0 Å². The SMILES string of the molecule is CC1CN(C(=O)C2Cc3cc(Cl)ccc3O2)CCC1O. The van der Waals surface area contributed by atoms with E-state index in [1.54, 1.807) is 11.0 Å². The fourth-order valence-electron chi connectivity index (χ4n) is 2.89. The molecule has 1 fully saturated rings. The van der Waals surface area contributed by atoms with Crippen molar-refractivity contribution in [2.75, 3.05) is 13.1 Å². The van der Waals surface area contributed by atoms with Gasteiger partial charge in [0.2, 0.25) is 0 Å². The van der Waals surface area contributed by atoms with Gasteiger partial charge < -0.3 is 14.7 Å². The van der Waals surface area contributed by atoms with E-state index in [4.69, 9.17) is 16.3 Å². The first kappa shape index (κ1) is 13.7. The molecule has 2 heterocycles. The molecule has 0 spiro atoms. The number of carbonyl (C=O) groups is 1. The summed E-state index contributed by atoms with van der Waals surface area (Å²) in [6, 6.07) is 5.44. The third-order valence-corrected chi connectivity index (χ3v) is 4.38. The zero-order chi connectivity index (χ0) is 14.3. The summed E-state index contributed by atoms with van der Waals surface area (Å²) in [4.78, 5) is 14.3. The fourth-order valence-corrected chi connectivity index (χ4v) is 3.09. The highest BCUT2D eigenvalue weighted by Gasteiger charge is 2.35. The summed E-state index contributed by atoms with van der Waals surface area (Å²) in [7, 11) is 0. The van der Waals surface area contributed by atoms with Crippen LogP contribution in [0.1, 0.15) is 18.9 Å². The third-order valence-electron chi connectivity index (χ3n) is 4.14. The zero-order valence-electron chi connectivity index (χ0n) is 11.4. The predicted octanol–water partition coefficient (Wildman–Crippen LogP) is 1.87. The maximum atomic E-state index is 12.5. The molecule has 20 heavy (non-hydrogen) atoms. The summed E-state index contributed by atoms with van der Waals surface area (Å²) >= 11 is 5.96. The van der Waals surface area contributed by atoms with Crippen LogP contribution >= 0.6 is 11.6 Å². The van der Waals surface area contributed by atoms with E-state index in [-0.39, 0.29) is 17.9 Å². The van der Waals surface area contributed by atoms with E-state index in [1.807, 2.05) is 19.1 Å². The van der Waals surface area contributed by atoms with Gasteiger partial charge in [0.05, 0.1) is 6.10 Å². The number of likely N-dealkylation sites (tertiary alicyclic amines) is 1. The minimum atomic E-state index is -0.453. The molecule has 108 valence electrons. The summed E-state index contributed by atoms with van der Waals surface area (Å²) in [5.41, 5.74) is 0.987. The molecule has 0 aromatic heterocycles. The number of aliphatic hydroxyl groups is 1. The molecular formula is C15H18ClNO3. The Hall–Kier alpha value is -1.26. The molecule has 1 aromatic rings. The Balaban J connectivity index is 1.68. The zero-order valence-corrected chi connectivity index (χ0v) is 12.1. The number of piperidine rings is 1. The minimum Gasteiger partial charge on any atom is -0.480 e. The second kappa shape index (κ2) is 5.26. The van der Waals surface area contributed by atoms with Gasteiger partial charge in [0, 0.05) is 24.5 Å². The number of aliphatic hydroxyl groups excluding tert-OH is 1. The number of hydrogen-bond donors (Lipinski definition) is 1. The average molecular weight is 296 g/mol. The Morgan fingerprint density at radius 1 is 1.50 bits per heavy atom. The molecule has 1 saturated heterocycles. The number of rotatable bonds is 1. The topological polar surface area (TPSA) is 49.8 Å². The lowest BCUT2D eigenvalue weighted by Crippen LogP contribution is -2.49. The van der Waals surface area contributed by atoms with Crippen molar-refractivity contribution in [3.05, 3.63) is 28.8 Å². The molecule has 0 saturated carbocycles. The Kier molecular flexibility index (Phi) is 3.61. The van der Waals surface area contributed by atoms with E-state index in [2.05, 4.69) is 0 Å². The molecule has 5 heteroatoms. The Labute approximate surface area is 123 Å². The quantitative estimate of drug-likeness (QED) is 0.860. The molecule has 3 rings (SSSR count). The van der Waals surface area contributed by atoms with E-state index >= 15 is 0 Å². The van der Waals surface area contributed by atoms with Crippen LogP contribution in [0.15, 0.2) is 18.2 Å². The van der Waals surface area contributed by atoms with Crippen molar-refractivity contribution >= 4 is 17.5 Å². The van der Waals surface area contributed by atoms with Gasteiger partial charge >= 0.3 is 0 Å². The van der Waals surface area contributed by atoms with Gasteiger partial charge in [-0.15, -0.1) is 0 Å². The summed E-state index contributed by atoms with van der Waals surface area (Å²) in [5.74, 6) is 0.875. The van der Waals surface area contributed by atoms with Crippen LogP contribution in [-0.2, 0) is 11.2 Å². The minimum absolute atomic E-state index is 0.0103. The van der Waals surface area contributed by atoms with Crippen molar-refractivity contribution < 1.29 is 14.6 Å². The first-order valence-electron chi connectivity index (χ1n) is 6.96. The monoisotopic (exact) mass is 295 g/mol. The maximum Gasteiger partial charge on any atom is 0.264 e. The summed E-state index contributed by atoms with van der Waals surface area (Å²) in [6.07, 6.45) is 0.450. The number of ether oxygens (including phenoxy) is 1. The molecule has 0 bridgehead atoms. The average Bonchev–Trinajstić information content (AvgIpc) is 2.84. The summed E-state index contributed by atoms with van der Waals surface area (Å²) < 4.78 is 5.73. The van der Waals surface area contributed by atoms with Crippen molar-refractivity contribution in [2.45, 2.75) is 32.0 Å². The second-order valence-electron chi connectivity index (χ2n) is 5.68. The van der Waals surface area contributed by atoms with Crippen molar-refractivity contribution in [1.29, 1.82) is 0 Å². The highest BCUT2D eigenvalue weighted by molar-refractivity contribution is 6.30. The molecule has 1 amide bonds. The van der Waals surface area contributed by atoms with Gasteiger partial charge in [0.25, 0.3) is 5.91 Å². The van der Waals surface area contributed by atoms with Crippen LogP contribution < -0.4 is 4.74 Å². The van der Waals surface area contributed by atoms with Gasteiger partial charge in [0.15, 0.2) is 6.10 Å². The van der Waals surface area contributed by atoms with Crippen LogP contribution in [0, 0.1) is 5.92 Å². The Bertz CT molecular complexity index is 534. The lowest BCUT2D eigenvalue weighted by atomic mass is 9.96. The number of amides is 1. The predicted molar refractivity (Wildman–Crippen MR) is 75.9 cm³/mol. The molecule has 3 unspecified atom stereocenters. The number of hydrogen-bond acceptors (Lipinski definition) is 3. The molecule has 2 aliphatic rings. The van der Waals surface area contributed by atoms with Crippen molar-refractivity contribution in [2.24, 2.45) is 5.92 Å². The molecule has 0 aliphatic carbocycles. The smallest absolute Gasteiger partial charge is 0.264 e. The highest BCUT2D eigenvalue weighted by atomic mass is 35.5. The molecule has 4 nitrogen and oxygen atoms in total. The van der Waals surface area contributed by atoms with E-state index in [9.17, 15) is 9.90 Å². The van der Waals surface area contributed by atoms with Crippen molar-refractivity contribution in [3.63, 3.8) is 0 Å². The van der Waals surface area contributed by atoms with Gasteiger partial charge in [-0.2, -0.15) is 0 Å². The first-order chi connectivity index (χ1) is 9.54. The molecule has 1 N–H and O–H groups in total. The second-order valence-corrected chi connectivity index (χ2v) is 6.12. The van der Waals surface area contributed by atoms with Gasteiger partial charge in [-0.3, -0.25) is 4.79 Å². The lowest BCUT2D eigenvalue weighted by Gasteiger charge is -2.35. The molecule has 0 radical (unpaired) electrons. The van der Waals surface area contributed by atoms with E-state index in [1.165, 1.54) is 0 Å². The van der Waals surface area contributed by atoms with Crippen LogP contribution in [0.3, 0.4) is 0 Å². The third kappa shape index (κ3) is 2.50. The van der Waals surface area contributed by atoms with Gasteiger partial charge in [0.1, 0.15) is 5.75 Å². The largest absolute Gasteiger partial charge is 0.480 e. The van der Waals surface area contributed by atoms with Gasteiger partial charge in [-0.05, 0) is 36.1 Å². The fraction of sp³-hybridized carbons (Fsp3) is 0.533. The van der Waals surface area contributed by atoms with E-state index in [0.717, 1.165) is 11.3 Å². The van der Waals surface area contributed by atoms with Crippen LogP contribution in [0.2, 0.25) is 5.02 Å². The standard InChI is InChI=1S/C15H18ClNO3/c1-9-8-17(5-4-12(9)18)15(19)14-7-10-6-11(16)2-3-13(10)20-14/h2-3,6,9,12,14,18H,4-5,7-8H2,1H3. The molecular weight excluding hydrogens is 278 g/mol. The first-order valence-corrected chi connectivity index (χ1v) is 7.34. The van der Waals surface area contributed by atoms with Crippen LogP contribution in [0.5, 0.6) is 5.75 Å².